The Bertz CT molecular complexity index is 230. The van der Waals surface area contributed by atoms with Crippen LogP contribution in [-0.4, -0.2) is 5.75 Å². The van der Waals surface area contributed by atoms with E-state index in [2.05, 4.69) is 26.0 Å². The smallest absolute Gasteiger partial charge is 0.0314 e. The van der Waals surface area contributed by atoms with E-state index in [0.29, 0.717) is 5.25 Å². The van der Waals surface area contributed by atoms with E-state index < -0.39 is 0 Å². The average molecular weight is 181 g/mol. The second-order valence-corrected chi connectivity index (χ2v) is 4.38. The monoisotopic (exact) mass is 181 g/mol. The van der Waals surface area contributed by atoms with Crippen LogP contribution in [0.4, 0.5) is 5.69 Å². The van der Waals surface area contributed by atoms with Crippen LogP contribution >= 0.6 is 11.8 Å². The van der Waals surface area contributed by atoms with Crippen molar-refractivity contribution in [1.29, 1.82) is 0 Å². The molecule has 0 radical (unpaired) electrons. The maximum Gasteiger partial charge on any atom is 0.0314 e. The van der Waals surface area contributed by atoms with Crippen LogP contribution in [0, 0.1) is 0 Å². The first-order valence-corrected chi connectivity index (χ1v) is 5.26. The molecule has 12 heavy (non-hydrogen) atoms. The number of nitrogen functional groups attached to an aromatic ring is 1. The van der Waals surface area contributed by atoms with E-state index >= 15 is 0 Å². The number of anilines is 1. The summed E-state index contributed by atoms with van der Waals surface area (Å²) in [6.45, 7) is 4.40. The molecule has 0 amide bonds. The van der Waals surface area contributed by atoms with Crippen LogP contribution in [-0.2, 0) is 0 Å². The molecule has 0 aliphatic rings. The fourth-order valence-electron chi connectivity index (χ4n) is 1.11. The van der Waals surface area contributed by atoms with Crippen molar-refractivity contribution >= 4 is 17.4 Å². The topological polar surface area (TPSA) is 26.0 Å². The van der Waals surface area contributed by atoms with E-state index in [4.69, 9.17) is 5.73 Å². The third-order valence-electron chi connectivity index (χ3n) is 1.82. The van der Waals surface area contributed by atoms with Crippen LogP contribution in [0.1, 0.15) is 24.7 Å². The van der Waals surface area contributed by atoms with E-state index in [1.54, 1.807) is 0 Å². The van der Waals surface area contributed by atoms with Crippen molar-refractivity contribution in [1.82, 2.24) is 0 Å². The molecule has 1 aromatic carbocycles. The van der Waals surface area contributed by atoms with E-state index in [0.717, 1.165) is 11.4 Å². The molecular formula is C10H15NS. The van der Waals surface area contributed by atoms with Crippen LogP contribution in [0.3, 0.4) is 0 Å². The lowest BCUT2D eigenvalue weighted by Crippen LogP contribution is -1.90. The Balaban J connectivity index is 2.68. The van der Waals surface area contributed by atoms with Crippen molar-refractivity contribution in [2.75, 3.05) is 11.5 Å². The lowest BCUT2D eigenvalue weighted by molar-refractivity contribution is 1.10. The fraction of sp³-hybridized carbons (Fsp3) is 0.400. The molecule has 2 N–H and O–H groups in total. The molecule has 1 atom stereocenters. The molecule has 1 unspecified atom stereocenters. The van der Waals surface area contributed by atoms with Crippen molar-refractivity contribution in [2.45, 2.75) is 19.1 Å². The van der Waals surface area contributed by atoms with Gasteiger partial charge in [0.25, 0.3) is 0 Å². The highest BCUT2D eigenvalue weighted by Crippen LogP contribution is 2.27. The third-order valence-corrected chi connectivity index (χ3v) is 2.93. The molecular weight excluding hydrogens is 166 g/mol. The Morgan fingerprint density at radius 3 is 2.42 bits per heavy atom. The molecule has 0 fully saturated rings. The molecule has 0 heterocycles. The Kier molecular flexibility index (Phi) is 3.48. The van der Waals surface area contributed by atoms with Gasteiger partial charge in [0, 0.05) is 10.9 Å². The first kappa shape index (κ1) is 9.46. The number of thioether (sulfide) groups is 1. The average Bonchev–Trinajstić information content (AvgIpc) is 2.06. The maximum atomic E-state index is 5.59. The van der Waals surface area contributed by atoms with Gasteiger partial charge in [-0.3, -0.25) is 0 Å². The standard InChI is InChI=1S/C10H15NS/c1-3-12-8(2)9-4-6-10(11)7-5-9/h4-8H,3,11H2,1-2H3. The summed E-state index contributed by atoms with van der Waals surface area (Å²) in [5.74, 6) is 1.16. The van der Waals surface area contributed by atoms with Crippen LogP contribution < -0.4 is 5.73 Å². The summed E-state index contributed by atoms with van der Waals surface area (Å²) in [5.41, 5.74) is 7.79. The molecule has 0 aliphatic carbocycles. The number of benzene rings is 1. The molecule has 66 valence electrons. The molecule has 2 heteroatoms. The van der Waals surface area contributed by atoms with E-state index in [1.165, 1.54) is 5.56 Å². The van der Waals surface area contributed by atoms with E-state index in [-0.39, 0.29) is 0 Å². The summed E-state index contributed by atoms with van der Waals surface area (Å²) in [6, 6.07) is 8.12. The van der Waals surface area contributed by atoms with Gasteiger partial charge in [-0.1, -0.05) is 19.1 Å². The van der Waals surface area contributed by atoms with Gasteiger partial charge in [0.05, 0.1) is 0 Å². The van der Waals surface area contributed by atoms with Crippen molar-refractivity contribution < 1.29 is 0 Å². The van der Waals surface area contributed by atoms with Crippen LogP contribution in [0.25, 0.3) is 0 Å². The molecule has 0 aromatic heterocycles. The van der Waals surface area contributed by atoms with Gasteiger partial charge in [-0.15, -0.1) is 0 Å². The second-order valence-electron chi connectivity index (χ2n) is 2.76. The minimum absolute atomic E-state index is 0.579. The molecule has 1 nitrogen and oxygen atoms in total. The van der Waals surface area contributed by atoms with Gasteiger partial charge in [-0.2, -0.15) is 11.8 Å². The van der Waals surface area contributed by atoms with Gasteiger partial charge in [0.2, 0.25) is 0 Å². The molecule has 0 bridgehead atoms. The minimum atomic E-state index is 0.579. The van der Waals surface area contributed by atoms with Gasteiger partial charge in [-0.25, -0.2) is 0 Å². The Morgan fingerprint density at radius 2 is 1.92 bits per heavy atom. The Morgan fingerprint density at radius 1 is 1.33 bits per heavy atom. The normalized spacial score (nSPS) is 12.8. The number of nitrogens with two attached hydrogens (primary N) is 1. The number of rotatable bonds is 3. The highest BCUT2D eigenvalue weighted by molar-refractivity contribution is 7.99. The summed E-state index contributed by atoms with van der Waals surface area (Å²) in [5, 5.41) is 0.579. The maximum absolute atomic E-state index is 5.59. The van der Waals surface area contributed by atoms with Gasteiger partial charge < -0.3 is 5.73 Å². The third kappa shape index (κ3) is 2.45. The van der Waals surface area contributed by atoms with Crippen molar-refractivity contribution in [2.24, 2.45) is 0 Å². The highest BCUT2D eigenvalue weighted by atomic mass is 32.2. The molecule has 0 spiro atoms. The molecule has 0 saturated carbocycles. The lowest BCUT2D eigenvalue weighted by Gasteiger charge is -2.09. The fourth-order valence-corrected chi connectivity index (χ4v) is 1.96. The first-order valence-electron chi connectivity index (χ1n) is 4.21. The van der Waals surface area contributed by atoms with E-state index in [9.17, 15) is 0 Å². The zero-order chi connectivity index (χ0) is 8.97. The van der Waals surface area contributed by atoms with Gasteiger partial charge >= 0.3 is 0 Å². The Labute approximate surface area is 78.4 Å². The second kappa shape index (κ2) is 4.41. The predicted octanol–water partition coefficient (Wildman–Crippen LogP) is 3.08. The Hall–Kier alpha value is -0.630. The van der Waals surface area contributed by atoms with Crippen molar-refractivity contribution in [3.8, 4) is 0 Å². The number of hydrogen-bond acceptors (Lipinski definition) is 2. The van der Waals surface area contributed by atoms with Crippen LogP contribution in [0.2, 0.25) is 0 Å². The van der Waals surface area contributed by atoms with Gasteiger partial charge in [0.15, 0.2) is 0 Å². The minimum Gasteiger partial charge on any atom is -0.399 e. The quantitative estimate of drug-likeness (QED) is 0.725. The molecule has 1 aromatic rings. The predicted molar refractivity (Wildman–Crippen MR) is 57.4 cm³/mol. The zero-order valence-corrected chi connectivity index (χ0v) is 8.40. The summed E-state index contributed by atoms with van der Waals surface area (Å²) >= 11 is 1.95. The van der Waals surface area contributed by atoms with Crippen molar-refractivity contribution in [3.05, 3.63) is 29.8 Å². The molecule has 0 aliphatic heterocycles. The van der Waals surface area contributed by atoms with Crippen molar-refractivity contribution in [3.63, 3.8) is 0 Å². The van der Waals surface area contributed by atoms with E-state index in [1.807, 2.05) is 23.9 Å². The zero-order valence-electron chi connectivity index (χ0n) is 7.58. The van der Waals surface area contributed by atoms with Gasteiger partial charge in [-0.05, 0) is 30.4 Å². The van der Waals surface area contributed by atoms with Gasteiger partial charge in [0.1, 0.15) is 0 Å². The summed E-state index contributed by atoms with van der Waals surface area (Å²) < 4.78 is 0. The highest BCUT2D eigenvalue weighted by Gasteiger charge is 2.02. The van der Waals surface area contributed by atoms with Crippen LogP contribution in [0.5, 0.6) is 0 Å². The summed E-state index contributed by atoms with van der Waals surface area (Å²) in [7, 11) is 0. The molecule has 0 saturated heterocycles. The number of hydrogen-bond donors (Lipinski definition) is 1. The first-order chi connectivity index (χ1) is 5.74. The molecule has 1 rings (SSSR count). The SMILES string of the molecule is CCSC(C)c1ccc(N)cc1. The van der Waals surface area contributed by atoms with Crippen LogP contribution in [0.15, 0.2) is 24.3 Å². The summed E-state index contributed by atoms with van der Waals surface area (Å²) in [6.07, 6.45) is 0. The summed E-state index contributed by atoms with van der Waals surface area (Å²) in [4.78, 5) is 0. The largest absolute Gasteiger partial charge is 0.399 e. The lowest BCUT2D eigenvalue weighted by atomic mass is 10.1.